The summed E-state index contributed by atoms with van der Waals surface area (Å²) in [4.78, 5) is 0. The first-order valence-electron chi connectivity index (χ1n) is 5.82. The lowest BCUT2D eigenvalue weighted by molar-refractivity contribution is 0.628. The Labute approximate surface area is 116 Å². The van der Waals surface area contributed by atoms with Crippen LogP contribution in [0, 0.1) is 17.1 Å². The van der Waals surface area contributed by atoms with Gasteiger partial charge in [-0.25, -0.2) is 4.39 Å². The van der Waals surface area contributed by atoms with Crippen LogP contribution in [-0.4, -0.2) is 0 Å². The van der Waals surface area contributed by atoms with Crippen molar-refractivity contribution in [1.82, 2.24) is 0 Å². The zero-order chi connectivity index (χ0) is 13.8. The summed E-state index contributed by atoms with van der Waals surface area (Å²) >= 11 is 5.63. The van der Waals surface area contributed by atoms with Gasteiger partial charge in [0.1, 0.15) is 5.82 Å². The normalized spacial score (nSPS) is 11.7. The fourth-order valence-corrected chi connectivity index (χ4v) is 1.91. The van der Waals surface area contributed by atoms with E-state index >= 15 is 0 Å². The third-order valence-electron chi connectivity index (χ3n) is 2.82. The SMILES string of the molecule is CC(Nc1ccc(Cl)c(F)c1)c1cccc(C#N)c1. The largest absolute Gasteiger partial charge is 0.378 e. The van der Waals surface area contributed by atoms with E-state index in [4.69, 9.17) is 16.9 Å². The van der Waals surface area contributed by atoms with E-state index in [1.165, 1.54) is 12.1 Å². The van der Waals surface area contributed by atoms with E-state index in [1.807, 2.05) is 25.1 Å². The fraction of sp³-hybridized carbons (Fsp3) is 0.133. The summed E-state index contributed by atoms with van der Waals surface area (Å²) in [5.41, 5.74) is 2.22. The maximum atomic E-state index is 13.3. The van der Waals surface area contributed by atoms with Gasteiger partial charge in [0.2, 0.25) is 0 Å². The predicted octanol–water partition coefficient (Wildman–Crippen LogP) is 4.52. The molecule has 0 bridgehead atoms. The zero-order valence-corrected chi connectivity index (χ0v) is 11.1. The molecule has 1 unspecified atom stereocenters. The monoisotopic (exact) mass is 274 g/mol. The van der Waals surface area contributed by atoms with Crippen LogP contribution in [0.25, 0.3) is 0 Å². The van der Waals surface area contributed by atoms with Crippen LogP contribution in [0.15, 0.2) is 42.5 Å². The van der Waals surface area contributed by atoms with Crippen molar-refractivity contribution in [3.8, 4) is 6.07 Å². The summed E-state index contributed by atoms with van der Waals surface area (Å²) in [5.74, 6) is -0.454. The Bertz CT molecular complexity index is 634. The van der Waals surface area contributed by atoms with Gasteiger partial charge in [0.15, 0.2) is 0 Å². The number of nitrogens with zero attached hydrogens (tertiary/aromatic N) is 1. The quantitative estimate of drug-likeness (QED) is 0.893. The summed E-state index contributed by atoms with van der Waals surface area (Å²) in [6, 6.07) is 14.0. The molecule has 0 aliphatic carbocycles. The van der Waals surface area contributed by atoms with Gasteiger partial charge in [-0.2, -0.15) is 5.26 Å². The minimum atomic E-state index is -0.454. The molecule has 0 aliphatic rings. The molecule has 19 heavy (non-hydrogen) atoms. The van der Waals surface area contributed by atoms with E-state index < -0.39 is 5.82 Å². The summed E-state index contributed by atoms with van der Waals surface area (Å²) in [6.07, 6.45) is 0. The van der Waals surface area contributed by atoms with Gasteiger partial charge >= 0.3 is 0 Å². The summed E-state index contributed by atoms with van der Waals surface area (Å²) in [6.45, 7) is 1.95. The molecule has 0 spiro atoms. The molecule has 0 fully saturated rings. The summed E-state index contributed by atoms with van der Waals surface area (Å²) in [7, 11) is 0. The van der Waals surface area contributed by atoms with Crippen LogP contribution in [0.5, 0.6) is 0 Å². The smallest absolute Gasteiger partial charge is 0.143 e. The maximum absolute atomic E-state index is 13.3. The second-order valence-electron chi connectivity index (χ2n) is 4.23. The highest BCUT2D eigenvalue weighted by molar-refractivity contribution is 6.30. The summed E-state index contributed by atoms with van der Waals surface area (Å²) in [5, 5.41) is 12.1. The Balaban J connectivity index is 2.18. The van der Waals surface area contributed by atoms with Gasteiger partial charge in [0, 0.05) is 11.7 Å². The van der Waals surface area contributed by atoms with E-state index in [0.717, 1.165) is 5.56 Å². The number of nitrogens with one attached hydrogen (secondary N) is 1. The van der Waals surface area contributed by atoms with Crippen LogP contribution in [0.4, 0.5) is 10.1 Å². The van der Waals surface area contributed by atoms with Crippen LogP contribution in [-0.2, 0) is 0 Å². The maximum Gasteiger partial charge on any atom is 0.143 e. The second kappa shape index (κ2) is 5.73. The van der Waals surface area contributed by atoms with Crippen molar-refractivity contribution >= 4 is 17.3 Å². The highest BCUT2D eigenvalue weighted by atomic mass is 35.5. The van der Waals surface area contributed by atoms with Crippen molar-refractivity contribution < 1.29 is 4.39 Å². The summed E-state index contributed by atoms with van der Waals surface area (Å²) < 4.78 is 13.3. The van der Waals surface area contributed by atoms with E-state index in [2.05, 4.69) is 11.4 Å². The Morgan fingerprint density at radius 2 is 2.05 bits per heavy atom. The van der Waals surface area contributed by atoms with Gasteiger partial charge in [-0.3, -0.25) is 0 Å². The van der Waals surface area contributed by atoms with Gasteiger partial charge in [0.05, 0.1) is 16.7 Å². The highest BCUT2D eigenvalue weighted by Crippen LogP contribution is 2.23. The van der Waals surface area contributed by atoms with Crippen molar-refractivity contribution in [1.29, 1.82) is 5.26 Å². The Hall–Kier alpha value is -2.05. The standard InChI is InChI=1S/C15H12ClFN2/c1-10(12-4-2-3-11(7-12)9-18)19-13-5-6-14(16)15(17)8-13/h2-8,10,19H,1H3. The molecule has 0 amide bonds. The second-order valence-corrected chi connectivity index (χ2v) is 4.64. The lowest BCUT2D eigenvalue weighted by Crippen LogP contribution is -2.06. The third-order valence-corrected chi connectivity index (χ3v) is 3.13. The molecule has 1 atom stereocenters. The first kappa shape index (κ1) is 13.4. The molecular weight excluding hydrogens is 263 g/mol. The molecule has 2 rings (SSSR count). The van der Waals surface area contributed by atoms with E-state index in [-0.39, 0.29) is 11.1 Å². The fourth-order valence-electron chi connectivity index (χ4n) is 1.80. The first-order chi connectivity index (χ1) is 9.10. The topological polar surface area (TPSA) is 35.8 Å². The molecule has 0 aromatic heterocycles. The number of benzene rings is 2. The Kier molecular flexibility index (Phi) is 4.03. The van der Waals surface area contributed by atoms with Crippen LogP contribution < -0.4 is 5.32 Å². The van der Waals surface area contributed by atoms with Crippen molar-refractivity contribution in [2.75, 3.05) is 5.32 Å². The van der Waals surface area contributed by atoms with Crippen LogP contribution >= 0.6 is 11.6 Å². The minimum absolute atomic E-state index is 0.0334. The van der Waals surface area contributed by atoms with Gasteiger partial charge in [-0.05, 0) is 42.8 Å². The molecule has 0 heterocycles. The minimum Gasteiger partial charge on any atom is -0.378 e. The number of hydrogen-bond acceptors (Lipinski definition) is 2. The van der Waals surface area contributed by atoms with Gasteiger partial charge in [0.25, 0.3) is 0 Å². The zero-order valence-electron chi connectivity index (χ0n) is 10.3. The molecule has 4 heteroatoms. The molecule has 0 saturated carbocycles. The van der Waals surface area contributed by atoms with Crippen molar-refractivity contribution in [2.45, 2.75) is 13.0 Å². The van der Waals surface area contributed by atoms with Gasteiger partial charge < -0.3 is 5.32 Å². The third kappa shape index (κ3) is 3.24. The molecule has 1 N–H and O–H groups in total. The van der Waals surface area contributed by atoms with Crippen molar-refractivity contribution in [3.63, 3.8) is 0 Å². The number of rotatable bonds is 3. The van der Waals surface area contributed by atoms with Crippen molar-refractivity contribution in [3.05, 3.63) is 64.4 Å². The average Bonchev–Trinajstić information content (AvgIpc) is 2.43. The van der Waals surface area contributed by atoms with E-state index in [9.17, 15) is 4.39 Å². The predicted molar refractivity (Wildman–Crippen MR) is 74.6 cm³/mol. The first-order valence-corrected chi connectivity index (χ1v) is 6.19. The lowest BCUT2D eigenvalue weighted by Gasteiger charge is -2.16. The molecule has 2 aromatic carbocycles. The number of halogens is 2. The molecule has 0 radical (unpaired) electrons. The number of nitriles is 1. The average molecular weight is 275 g/mol. The van der Waals surface area contributed by atoms with Crippen LogP contribution in [0.2, 0.25) is 5.02 Å². The molecule has 2 aromatic rings. The molecule has 96 valence electrons. The highest BCUT2D eigenvalue weighted by Gasteiger charge is 2.07. The molecule has 0 aliphatic heterocycles. The molecule has 0 saturated heterocycles. The Morgan fingerprint density at radius 3 is 2.74 bits per heavy atom. The van der Waals surface area contributed by atoms with E-state index in [0.29, 0.717) is 11.3 Å². The van der Waals surface area contributed by atoms with Gasteiger partial charge in [-0.15, -0.1) is 0 Å². The van der Waals surface area contributed by atoms with E-state index in [1.54, 1.807) is 12.1 Å². The number of hydrogen-bond donors (Lipinski definition) is 1. The number of anilines is 1. The van der Waals surface area contributed by atoms with Crippen LogP contribution in [0.1, 0.15) is 24.1 Å². The molecule has 2 nitrogen and oxygen atoms in total. The Morgan fingerprint density at radius 1 is 1.26 bits per heavy atom. The molecular formula is C15H12ClFN2. The lowest BCUT2D eigenvalue weighted by atomic mass is 10.1. The van der Waals surface area contributed by atoms with Crippen LogP contribution in [0.3, 0.4) is 0 Å². The van der Waals surface area contributed by atoms with Crippen molar-refractivity contribution in [2.24, 2.45) is 0 Å². The van der Waals surface area contributed by atoms with Gasteiger partial charge in [-0.1, -0.05) is 23.7 Å².